The number of H-pyrrole nitrogens is 1. The van der Waals surface area contributed by atoms with Crippen molar-refractivity contribution in [3.63, 3.8) is 0 Å². The molecule has 0 spiro atoms. The summed E-state index contributed by atoms with van der Waals surface area (Å²) >= 11 is 7.67. The molecule has 1 amide bonds. The Morgan fingerprint density at radius 2 is 2.22 bits per heavy atom. The number of carbonyl (C=O) groups excluding carboxylic acids is 1. The van der Waals surface area contributed by atoms with E-state index in [4.69, 9.17) is 21.1 Å². The van der Waals surface area contributed by atoms with E-state index in [2.05, 4.69) is 15.2 Å². The molecular weight excluding hydrogens is 388 g/mol. The second-order valence-corrected chi connectivity index (χ2v) is 7.16. The molecule has 0 unspecified atom stereocenters. The van der Waals surface area contributed by atoms with Crippen molar-refractivity contribution in [2.24, 2.45) is 0 Å². The highest BCUT2D eigenvalue weighted by atomic mass is 35.5. The fraction of sp³-hybridized carbons (Fsp3) is 0.278. The van der Waals surface area contributed by atoms with Crippen LogP contribution in [0.3, 0.4) is 0 Å². The van der Waals surface area contributed by atoms with E-state index in [1.54, 1.807) is 49.5 Å². The van der Waals surface area contributed by atoms with Crippen molar-refractivity contribution in [1.82, 2.24) is 20.1 Å². The van der Waals surface area contributed by atoms with E-state index in [1.807, 2.05) is 12.3 Å². The number of carbonyl (C=O) groups is 1. The van der Waals surface area contributed by atoms with Crippen molar-refractivity contribution in [2.75, 3.05) is 14.2 Å². The number of rotatable bonds is 7. The van der Waals surface area contributed by atoms with E-state index in [0.29, 0.717) is 27.9 Å². The number of benzene rings is 1. The Labute approximate surface area is 165 Å². The van der Waals surface area contributed by atoms with Crippen LogP contribution in [0.2, 0.25) is 5.02 Å². The van der Waals surface area contributed by atoms with Gasteiger partial charge in [-0.15, -0.1) is 11.3 Å². The van der Waals surface area contributed by atoms with Crippen LogP contribution in [0.4, 0.5) is 0 Å². The normalized spacial score (nSPS) is 11.9. The fourth-order valence-electron chi connectivity index (χ4n) is 2.39. The van der Waals surface area contributed by atoms with Gasteiger partial charge >= 0.3 is 0 Å². The SMILES string of the molecule is COc1ccc(OCc2cc(C(=O)N(C)[C@H](C)c3nccs3)n[nH]2)c(Cl)c1. The van der Waals surface area contributed by atoms with Gasteiger partial charge in [0.15, 0.2) is 5.69 Å². The average molecular weight is 407 g/mol. The van der Waals surface area contributed by atoms with Gasteiger partial charge in [-0.25, -0.2) is 4.98 Å². The molecule has 2 aromatic heterocycles. The summed E-state index contributed by atoms with van der Waals surface area (Å²) in [5.41, 5.74) is 0.987. The maximum atomic E-state index is 12.6. The van der Waals surface area contributed by atoms with E-state index < -0.39 is 0 Å². The van der Waals surface area contributed by atoms with E-state index in [-0.39, 0.29) is 18.6 Å². The van der Waals surface area contributed by atoms with E-state index in [9.17, 15) is 4.79 Å². The first-order valence-electron chi connectivity index (χ1n) is 8.16. The van der Waals surface area contributed by atoms with Crippen molar-refractivity contribution < 1.29 is 14.3 Å². The first-order chi connectivity index (χ1) is 13.0. The largest absolute Gasteiger partial charge is 0.497 e. The highest BCUT2D eigenvalue weighted by Crippen LogP contribution is 2.29. The zero-order valence-corrected chi connectivity index (χ0v) is 16.7. The monoisotopic (exact) mass is 406 g/mol. The van der Waals surface area contributed by atoms with Crippen LogP contribution in [-0.2, 0) is 6.61 Å². The van der Waals surface area contributed by atoms with Crippen molar-refractivity contribution in [2.45, 2.75) is 19.6 Å². The number of nitrogens with zero attached hydrogens (tertiary/aromatic N) is 3. The molecule has 0 aliphatic rings. The van der Waals surface area contributed by atoms with Crippen LogP contribution < -0.4 is 9.47 Å². The van der Waals surface area contributed by atoms with Crippen molar-refractivity contribution in [1.29, 1.82) is 0 Å². The van der Waals surface area contributed by atoms with Crippen LogP contribution in [0.5, 0.6) is 11.5 Å². The molecule has 3 rings (SSSR count). The molecule has 0 fully saturated rings. The molecule has 3 aromatic rings. The van der Waals surface area contributed by atoms with Gasteiger partial charge in [0.25, 0.3) is 5.91 Å². The van der Waals surface area contributed by atoms with Gasteiger partial charge in [0.2, 0.25) is 0 Å². The van der Waals surface area contributed by atoms with Gasteiger partial charge < -0.3 is 14.4 Å². The first kappa shape index (κ1) is 19.2. The molecule has 142 valence electrons. The highest BCUT2D eigenvalue weighted by molar-refractivity contribution is 7.09. The van der Waals surface area contributed by atoms with Gasteiger partial charge in [-0.1, -0.05) is 11.6 Å². The zero-order chi connectivity index (χ0) is 19.4. The van der Waals surface area contributed by atoms with Gasteiger partial charge in [0, 0.05) is 24.7 Å². The minimum atomic E-state index is -0.192. The molecule has 1 N–H and O–H groups in total. The van der Waals surface area contributed by atoms with Crippen LogP contribution in [0.1, 0.15) is 34.2 Å². The minimum absolute atomic E-state index is 0.132. The Kier molecular flexibility index (Phi) is 5.98. The maximum absolute atomic E-state index is 12.6. The van der Waals surface area contributed by atoms with Gasteiger partial charge in [-0.3, -0.25) is 9.89 Å². The predicted molar refractivity (Wildman–Crippen MR) is 104 cm³/mol. The third kappa shape index (κ3) is 4.40. The molecule has 0 radical (unpaired) electrons. The maximum Gasteiger partial charge on any atom is 0.274 e. The second kappa shape index (κ2) is 8.41. The van der Waals surface area contributed by atoms with Crippen molar-refractivity contribution in [3.8, 4) is 11.5 Å². The number of nitrogens with one attached hydrogen (secondary N) is 1. The number of amides is 1. The third-order valence-electron chi connectivity index (χ3n) is 4.08. The lowest BCUT2D eigenvalue weighted by Crippen LogP contribution is -2.29. The number of thiazole rings is 1. The molecule has 1 aromatic carbocycles. The molecule has 0 saturated carbocycles. The minimum Gasteiger partial charge on any atom is -0.497 e. The lowest BCUT2D eigenvalue weighted by atomic mass is 10.2. The lowest BCUT2D eigenvalue weighted by molar-refractivity contribution is 0.0736. The predicted octanol–water partition coefficient (Wildman–Crippen LogP) is 3.94. The fourth-order valence-corrected chi connectivity index (χ4v) is 3.35. The molecule has 0 saturated heterocycles. The number of hydrogen-bond acceptors (Lipinski definition) is 6. The molecule has 1 atom stereocenters. The Morgan fingerprint density at radius 3 is 2.89 bits per heavy atom. The summed E-state index contributed by atoms with van der Waals surface area (Å²) in [6.45, 7) is 2.14. The molecule has 2 heterocycles. The standard InChI is InChI=1S/C18H19ClN4O3S/c1-11(17-20-6-7-27-17)23(2)18(24)15-8-12(21-22-15)10-26-16-5-4-13(25-3)9-14(16)19/h4-9,11H,10H2,1-3H3,(H,21,22)/t11-/m1/s1. The van der Waals surface area contributed by atoms with Gasteiger partial charge in [0.1, 0.15) is 23.1 Å². The van der Waals surface area contributed by atoms with Crippen molar-refractivity contribution in [3.05, 3.63) is 57.3 Å². The molecule has 0 aliphatic carbocycles. The number of aromatic amines is 1. The molecular formula is C18H19ClN4O3S. The first-order valence-corrected chi connectivity index (χ1v) is 9.42. The van der Waals surface area contributed by atoms with E-state index in [1.165, 1.54) is 11.3 Å². The van der Waals surface area contributed by atoms with Gasteiger partial charge in [-0.2, -0.15) is 5.10 Å². The Bertz CT molecular complexity index is 913. The van der Waals surface area contributed by atoms with Crippen LogP contribution in [0.15, 0.2) is 35.8 Å². The van der Waals surface area contributed by atoms with Gasteiger partial charge in [0.05, 0.1) is 23.9 Å². The van der Waals surface area contributed by atoms with Crippen LogP contribution >= 0.6 is 22.9 Å². The van der Waals surface area contributed by atoms with Crippen molar-refractivity contribution >= 4 is 28.8 Å². The summed E-state index contributed by atoms with van der Waals surface area (Å²) < 4.78 is 10.8. The topological polar surface area (TPSA) is 80.3 Å². The highest BCUT2D eigenvalue weighted by Gasteiger charge is 2.22. The number of hydrogen-bond donors (Lipinski definition) is 1. The Balaban J connectivity index is 1.63. The lowest BCUT2D eigenvalue weighted by Gasteiger charge is -2.22. The van der Waals surface area contributed by atoms with Crippen LogP contribution in [0.25, 0.3) is 0 Å². The summed E-state index contributed by atoms with van der Waals surface area (Å²) in [6.07, 6.45) is 1.73. The average Bonchev–Trinajstić information content (AvgIpc) is 3.37. The quantitative estimate of drug-likeness (QED) is 0.642. The summed E-state index contributed by atoms with van der Waals surface area (Å²) in [5.74, 6) is 0.983. The summed E-state index contributed by atoms with van der Waals surface area (Å²) in [6, 6.07) is 6.70. The number of aromatic nitrogens is 3. The van der Waals surface area contributed by atoms with E-state index in [0.717, 1.165) is 5.01 Å². The summed E-state index contributed by atoms with van der Waals surface area (Å²) in [4.78, 5) is 18.5. The molecule has 27 heavy (non-hydrogen) atoms. The number of halogens is 1. The Morgan fingerprint density at radius 1 is 1.41 bits per heavy atom. The summed E-state index contributed by atoms with van der Waals surface area (Å²) in [7, 11) is 3.30. The van der Waals surface area contributed by atoms with Crippen LogP contribution in [-0.4, -0.2) is 40.1 Å². The smallest absolute Gasteiger partial charge is 0.274 e. The second-order valence-electron chi connectivity index (χ2n) is 5.83. The van der Waals surface area contributed by atoms with Gasteiger partial charge in [-0.05, 0) is 25.1 Å². The molecule has 0 aliphatic heterocycles. The molecule has 7 nitrogen and oxygen atoms in total. The number of methoxy groups -OCH3 is 1. The number of ether oxygens (including phenoxy) is 2. The Hall–Kier alpha value is -2.58. The van der Waals surface area contributed by atoms with Crippen LogP contribution in [0, 0.1) is 0 Å². The third-order valence-corrected chi connectivity index (χ3v) is 5.32. The van der Waals surface area contributed by atoms with E-state index >= 15 is 0 Å². The summed E-state index contributed by atoms with van der Waals surface area (Å²) in [5, 5.41) is 10.1. The molecule has 9 heteroatoms. The zero-order valence-electron chi connectivity index (χ0n) is 15.1. The molecule has 0 bridgehead atoms.